The molecule has 0 bridgehead atoms. The van der Waals surface area contributed by atoms with Crippen LogP contribution in [0.25, 0.3) is 0 Å². The third-order valence-corrected chi connectivity index (χ3v) is 4.25. The molecule has 2 aliphatic rings. The van der Waals surface area contributed by atoms with Gasteiger partial charge in [-0.15, -0.1) is 0 Å². The van der Waals surface area contributed by atoms with Crippen LogP contribution >= 0.6 is 0 Å². The smallest absolute Gasteiger partial charge is 0.335 e. The third-order valence-electron chi connectivity index (χ3n) is 4.25. The minimum Gasteiger partial charge on any atom is -0.478 e. The molecule has 0 amide bonds. The molecule has 1 aromatic carbocycles. The van der Waals surface area contributed by atoms with Crippen molar-refractivity contribution in [2.45, 2.75) is 26.2 Å². The number of aryl methyl sites for hydroxylation is 1. The lowest BCUT2D eigenvalue weighted by molar-refractivity contribution is 0.0696. The van der Waals surface area contributed by atoms with Gasteiger partial charge in [-0.1, -0.05) is 6.42 Å². The van der Waals surface area contributed by atoms with E-state index in [4.69, 9.17) is 5.11 Å². The van der Waals surface area contributed by atoms with Gasteiger partial charge in [-0.05, 0) is 43.5 Å². The summed E-state index contributed by atoms with van der Waals surface area (Å²) in [5.74, 6) is -0.848. The summed E-state index contributed by atoms with van der Waals surface area (Å²) < 4.78 is 0. The number of aromatic carboxylic acids is 1. The van der Waals surface area contributed by atoms with Crippen molar-refractivity contribution in [3.05, 3.63) is 29.3 Å². The molecule has 1 N–H and O–H groups in total. The number of rotatable bonds is 2. The first-order valence-electron chi connectivity index (χ1n) is 6.19. The Kier molecular flexibility index (Phi) is 2.18. The van der Waals surface area contributed by atoms with Crippen molar-refractivity contribution >= 4 is 11.7 Å². The van der Waals surface area contributed by atoms with Gasteiger partial charge in [0, 0.05) is 24.2 Å². The topological polar surface area (TPSA) is 40.5 Å². The van der Waals surface area contributed by atoms with Gasteiger partial charge in [-0.25, -0.2) is 4.79 Å². The molecule has 3 rings (SSSR count). The fraction of sp³-hybridized carbons (Fsp3) is 0.500. The molecule has 0 aromatic heterocycles. The van der Waals surface area contributed by atoms with Gasteiger partial charge in [0.2, 0.25) is 0 Å². The maximum atomic E-state index is 10.9. The second kappa shape index (κ2) is 3.49. The SMILES string of the molecule is Cc1cc(C(=O)O)ccc1N1CC2(CCC2)C1. The van der Waals surface area contributed by atoms with E-state index in [1.807, 2.05) is 13.0 Å². The number of benzene rings is 1. The highest BCUT2D eigenvalue weighted by molar-refractivity contribution is 5.88. The minimum atomic E-state index is -0.848. The lowest BCUT2D eigenvalue weighted by atomic mass is 9.63. The summed E-state index contributed by atoms with van der Waals surface area (Å²) in [5, 5.41) is 8.93. The monoisotopic (exact) mass is 231 g/mol. The van der Waals surface area contributed by atoms with Crippen LogP contribution in [-0.4, -0.2) is 24.2 Å². The summed E-state index contributed by atoms with van der Waals surface area (Å²) in [7, 11) is 0. The van der Waals surface area contributed by atoms with E-state index in [1.165, 1.54) is 24.9 Å². The zero-order chi connectivity index (χ0) is 12.0. The van der Waals surface area contributed by atoms with Crippen molar-refractivity contribution in [1.82, 2.24) is 0 Å². The number of hydrogen-bond acceptors (Lipinski definition) is 2. The third kappa shape index (κ3) is 1.61. The van der Waals surface area contributed by atoms with E-state index in [2.05, 4.69) is 4.90 Å². The average Bonchev–Trinajstić information content (AvgIpc) is 2.15. The minimum absolute atomic E-state index is 0.380. The van der Waals surface area contributed by atoms with Crippen molar-refractivity contribution in [2.75, 3.05) is 18.0 Å². The fourth-order valence-electron chi connectivity index (χ4n) is 3.07. The van der Waals surface area contributed by atoms with Crippen LogP contribution in [0, 0.1) is 12.3 Å². The lowest BCUT2D eigenvalue weighted by Crippen LogP contribution is -2.60. The van der Waals surface area contributed by atoms with Crippen LogP contribution in [-0.2, 0) is 0 Å². The van der Waals surface area contributed by atoms with Gasteiger partial charge in [0.15, 0.2) is 0 Å². The number of carboxylic acids is 1. The molecule has 0 atom stereocenters. The van der Waals surface area contributed by atoms with Crippen LogP contribution in [0.2, 0.25) is 0 Å². The van der Waals surface area contributed by atoms with Gasteiger partial charge >= 0.3 is 5.97 Å². The van der Waals surface area contributed by atoms with Crippen LogP contribution in [0.3, 0.4) is 0 Å². The summed E-state index contributed by atoms with van der Waals surface area (Å²) >= 11 is 0. The molecule has 1 aromatic rings. The van der Waals surface area contributed by atoms with E-state index in [9.17, 15) is 4.79 Å². The zero-order valence-electron chi connectivity index (χ0n) is 10.1. The van der Waals surface area contributed by atoms with E-state index >= 15 is 0 Å². The first-order chi connectivity index (χ1) is 8.10. The molecule has 1 spiro atoms. The van der Waals surface area contributed by atoms with Crippen molar-refractivity contribution in [1.29, 1.82) is 0 Å². The van der Waals surface area contributed by atoms with Crippen molar-refractivity contribution in [2.24, 2.45) is 5.41 Å². The van der Waals surface area contributed by atoms with Gasteiger partial charge in [0.1, 0.15) is 0 Å². The van der Waals surface area contributed by atoms with E-state index < -0.39 is 5.97 Å². The van der Waals surface area contributed by atoms with Crippen LogP contribution in [0.5, 0.6) is 0 Å². The highest BCUT2D eigenvalue weighted by Crippen LogP contribution is 2.49. The number of carbonyl (C=O) groups is 1. The van der Waals surface area contributed by atoms with Crippen LogP contribution in [0.15, 0.2) is 18.2 Å². The van der Waals surface area contributed by atoms with Gasteiger partial charge in [-0.2, -0.15) is 0 Å². The molecule has 1 aliphatic heterocycles. The van der Waals surface area contributed by atoms with Crippen LogP contribution in [0.4, 0.5) is 5.69 Å². The number of anilines is 1. The first kappa shape index (κ1) is 10.6. The van der Waals surface area contributed by atoms with E-state index in [0.717, 1.165) is 18.7 Å². The molecule has 1 aliphatic carbocycles. The Balaban J connectivity index is 1.78. The molecular formula is C14H17NO2. The van der Waals surface area contributed by atoms with Gasteiger partial charge < -0.3 is 10.0 Å². The number of nitrogens with zero attached hydrogens (tertiary/aromatic N) is 1. The van der Waals surface area contributed by atoms with Gasteiger partial charge in [-0.3, -0.25) is 0 Å². The molecule has 0 radical (unpaired) electrons. The van der Waals surface area contributed by atoms with E-state index in [1.54, 1.807) is 12.1 Å². The van der Waals surface area contributed by atoms with E-state index in [0.29, 0.717) is 11.0 Å². The first-order valence-corrected chi connectivity index (χ1v) is 6.19. The maximum Gasteiger partial charge on any atom is 0.335 e. The van der Waals surface area contributed by atoms with Crippen molar-refractivity contribution < 1.29 is 9.90 Å². The largest absolute Gasteiger partial charge is 0.478 e. The summed E-state index contributed by atoms with van der Waals surface area (Å²) in [6.07, 6.45) is 4.12. The van der Waals surface area contributed by atoms with Crippen molar-refractivity contribution in [3.8, 4) is 0 Å². The van der Waals surface area contributed by atoms with Crippen molar-refractivity contribution in [3.63, 3.8) is 0 Å². The summed E-state index contributed by atoms with van der Waals surface area (Å²) in [5.41, 5.74) is 3.26. The van der Waals surface area contributed by atoms with Gasteiger partial charge in [0.25, 0.3) is 0 Å². The maximum absolute atomic E-state index is 10.9. The molecule has 17 heavy (non-hydrogen) atoms. The van der Waals surface area contributed by atoms with Crippen LogP contribution in [0.1, 0.15) is 35.2 Å². The number of hydrogen-bond donors (Lipinski definition) is 1. The summed E-state index contributed by atoms with van der Waals surface area (Å²) in [4.78, 5) is 13.2. The Hall–Kier alpha value is -1.51. The highest BCUT2D eigenvalue weighted by atomic mass is 16.4. The predicted molar refractivity (Wildman–Crippen MR) is 66.6 cm³/mol. The number of carboxylic acid groups (broad SMARTS) is 1. The van der Waals surface area contributed by atoms with Crippen LogP contribution < -0.4 is 4.90 Å². The Morgan fingerprint density at radius 2 is 2.06 bits per heavy atom. The Morgan fingerprint density at radius 1 is 1.35 bits per heavy atom. The highest BCUT2D eigenvalue weighted by Gasteiger charge is 2.47. The molecule has 1 saturated carbocycles. The average molecular weight is 231 g/mol. The fourth-order valence-corrected chi connectivity index (χ4v) is 3.07. The second-order valence-corrected chi connectivity index (χ2v) is 5.52. The molecule has 0 unspecified atom stereocenters. The molecule has 1 heterocycles. The molecular weight excluding hydrogens is 214 g/mol. The molecule has 1 saturated heterocycles. The van der Waals surface area contributed by atoms with E-state index in [-0.39, 0.29) is 0 Å². The molecule has 3 heteroatoms. The lowest BCUT2D eigenvalue weighted by Gasteiger charge is -2.57. The Bertz CT molecular complexity index is 469. The second-order valence-electron chi connectivity index (χ2n) is 5.52. The molecule has 90 valence electrons. The normalized spacial score (nSPS) is 20.9. The Labute approximate surface area is 101 Å². The van der Waals surface area contributed by atoms with Gasteiger partial charge in [0.05, 0.1) is 5.56 Å². The quantitative estimate of drug-likeness (QED) is 0.850. The molecule has 2 fully saturated rings. The summed E-state index contributed by atoms with van der Waals surface area (Å²) in [6.45, 7) is 4.30. The Morgan fingerprint density at radius 3 is 2.53 bits per heavy atom. The molecule has 3 nitrogen and oxygen atoms in total. The predicted octanol–water partition coefficient (Wildman–Crippen LogP) is 2.68. The zero-order valence-corrected chi connectivity index (χ0v) is 10.1. The summed E-state index contributed by atoms with van der Waals surface area (Å²) in [6, 6.07) is 5.42. The standard InChI is InChI=1S/C14H17NO2/c1-10-7-11(13(16)17)3-4-12(10)15-8-14(9-15)5-2-6-14/h3-4,7H,2,5-6,8-9H2,1H3,(H,16,17).